The van der Waals surface area contributed by atoms with E-state index in [0.717, 1.165) is 18.7 Å². The van der Waals surface area contributed by atoms with Gasteiger partial charge in [-0.25, -0.2) is 4.79 Å². The summed E-state index contributed by atoms with van der Waals surface area (Å²) in [5, 5.41) is 10.3. The Morgan fingerprint density at radius 1 is 1.14 bits per heavy atom. The number of nitrogens with one attached hydrogen (secondary N) is 1. The molecule has 0 radical (unpaired) electrons. The maximum atomic E-state index is 11.7. The molecule has 2 N–H and O–H groups in total. The molecule has 1 aliphatic heterocycles. The van der Waals surface area contributed by atoms with Crippen LogP contribution in [0.25, 0.3) is 0 Å². The number of ether oxygens (including phenoxy) is 5. The second-order valence-corrected chi connectivity index (χ2v) is 6.84. The lowest BCUT2D eigenvalue weighted by Gasteiger charge is -2.32. The fourth-order valence-electron chi connectivity index (χ4n) is 3.35. The Bertz CT molecular complexity index is 623. The minimum absolute atomic E-state index is 0.224. The lowest BCUT2D eigenvalue weighted by molar-refractivity contribution is -0.907. The van der Waals surface area contributed by atoms with Crippen LogP contribution in [0.4, 0.5) is 4.79 Å². The van der Waals surface area contributed by atoms with Gasteiger partial charge in [-0.1, -0.05) is 0 Å². The largest absolute Gasteiger partial charge is 0.493 e. The van der Waals surface area contributed by atoms with Crippen LogP contribution < -0.4 is 19.1 Å². The van der Waals surface area contributed by atoms with E-state index in [1.165, 1.54) is 4.90 Å². The average molecular weight is 413 g/mol. The number of carbonyl (C=O) groups is 1. The quantitative estimate of drug-likeness (QED) is 0.556. The zero-order valence-corrected chi connectivity index (χ0v) is 17.7. The normalized spacial score (nSPS) is 15.7. The summed E-state index contributed by atoms with van der Waals surface area (Å²) < 4.78 is 26.7. The van der Waals surface area contributed by atoms with Crippen molar-refractivity contribution < 1.29 is 38.5 Å². The summed E-state index contributed by atoms with van der Waals surface area (Å²) in [5.41, 5.74) is 0.863. The topological polar surface area (TPSA) is 91.1 Å². The molecule has 0 unspecified atom stereocenters. The molecule has 1 saturated heterocycles. The molecule has 1 atom stereocenters. The Kier molecular flexibility index (Phi) is 9.30. The molecule has 1 amide bonds. The van der Waals surface area contributed by atoms with Gasteiger partial charge in [-0.3, -0.25) is 4.90 Å². The molecule has 0 aromatic heterocycles. The Morgan fingerprint density at radius 3 is 2.28 bits per heavy atom. The number of hydrogen-bond acceptors (Lipinski definition) is 7. The van der Waals surface area contributed by atoms with Gasteiger partial charge in [0, 0.05) is 0 Å². The molecule has 0 spiro atoms. The molecule has 1 aliphatic rings. The number of amides is 1. The van der Waals surface area contributed by atoms with Gasteiger partial charge in [0.2, 0.25) is 5.75 Å². The number of piperazine rings is 1. The smallest absolute Gasteiger partial charge is 0.410 e. The van der Waals surface area contributed by atoms with Gasteiger partial charge in [0.25, 0.3) is 0 Å². The number of rotatable bonds is 10. The van der Waals surface area contributed by atoms with Gasteiger partial charge in [0.1, 0.15) is 12.6 Å². The van der Waals surface area contributed by atoms with Crippen LogP contribution in [0.1, 0.15) is 12.5 Å². The van der Waals surface area contributed by atoms with Crippen molar-refractivity contribution in [3.05, 3.63) is 17.7 Å². The lowest BCUT2D eigenvalue weighted by Crippen LogP contribution is -3.15. The number of methoxy groups -OCH3 is 3. The highest BCUT2D eigenvalue weighted by atomic mass is 16.6. The van der Waals surface area contributed by atoms with Crippen LogP contribution in [0, 0.1) is 0 Å². The van der Waals surface area contributed by atoms with Crippen molar-refractivity contribution in [2.24, 2.45) is 0 Å². The minimum Gasteiger partial charge on any atom is -0.493 e. The van der Waals surface area contributed by atoms with Crippen molar-refractivity contribution in [1.82, 2.24) is 4.90 Å². The van der Waals surface area contributed by atoms with Crippen molar-refractivity contribution in [2.45, 2.75) is 19.6 Å². The van der Waals surface area contributed by atoms with E-state index in [-0.39, 0.29) is 12.7 Å². The summed E-state index contributed by atoms with van der Waals surface area (Å²) in [6.07, 6.45) is -0.845. The first kappa shape index (κ1) is 23.1. The van der Waals surface area contributed by atoms with E-state index in [9.17, 15) is 9.90 Å². The summed E-state index contributed by atoms with van der Waals surface area (Å²) in [6, 6.07) is 3.65. The number of benzene rings is 1. The van der Waals surface area contributed by atoms with E-state index in [1.54, 1.807) is 33.2 Å². The summed E-state index contributed by atoms with van der Waals surface area (Å²) in [4.78, 5) is 14.7. The highest BCUT2D eigenvalue weighted by molar-refractivity contribution is 5.67. The number of aliphatic hydroxyl groups is 1. The van der Waals surface area contributed by atoms with Gasteiger partial charge in [-0.05, 0) is 24.6 Å². The molecule has 0 bridgehead atoms. The third-order valence-electron chi connectivity index (χ3n) is 4.82. The van der Waals surface area contributed by atoms with Crippen LogP contribution in [-0.2, 0) is 16.1 Å². The third kappa shape index (κ3) is 6.66. The molecular weight excluding hydrogens is 380 g/mol. The van der Waals surface area contributed by atoms with Crippen molar-refractivity contribution in [3.63, 3.8) is 0 Å². The standard InChI is InChI=1S/C20H32N2O7/c1-5-29-20(24)22-8-6-21(7-9-22)12-16(23)14-28-13-15-10-17(25-2)19(27-4)18(11-15)26-3/h10-11,16,23H,5-9,12-14H2,1-4H3/p+1/t16-/m1/s1. The Morgan fingerprint density at radius 2 is 1.76 bits per heavy atom. The first-order chi connectivity index (χ1) is 14.0. The Hall–Kier alpha value is -2.23. The van der Waals surface area contributed by atoms with Crippen LogP contribution in [-0.4, -0.2) is 89.5 Å². The van der Waals surface area contributed by atoms with Crippen molar-refractivity contribution in [3.8, 4) is 17.2 Å². The first-order valence-electron chi connectivity index (χ1n) is 9.82. The molecule has 164 valence electrons. The second-order valence-electron chi connectivity index (χ2n) is 6.84. The number of hydrogen-bond donors (Lipinski definition) is 2. The second kappa shape index (κ2) is 11.7. The summed E-state index contributed by atoms with van der Waals surface area (Å²) in [6.45, 7) is 6.13. The molecule has 29 heavy (non-hydrogen) atoms. The van der Waals surface area contributed by atoms with E-state index in [4.69, 9.17) is 23.7 Å². The van der Waals surface area contributed by atoms with Gasteiger partial charge in [-0.15, -0.1) is 0 Å². The molecule has 1 aromatic rings. The van der Waals surface area contributed by atoms with E-state index >= 15 is 0 Å². The maximum absolute atomic E-state index is 11.7. The van der Waals surface area contributed by atoms with E-state index in [0.29, 0.717) is 50.1 Å². The molecule has 9 heteroatoms. The van der Waals surface area contributed by atoms with Crippen LogP contribution >= 0.6 is 0 Å². The predicted octanol–water partition coefficient (Wildman–Crippen LogP) is -0.0531. The Labute approximate surface area is 172 Å². The van der Waals surface area contributed by atoms with Gasteiger partial charge in [0.05, 0.1) is 67.3 Å². The molecule has 0 aliphatic carbocycles. The monoisotopic (exact) mass is 413 g/mol. The Balaban J connectivity index is 1.76. The van der Waals surface area contributed by atoms with Crippen LogP contribution in [0.2, 0.25) is 0 Å². The van der Waals surface area contributed by atoms with Crippen LogP contribution in [0.15, 0.2) is 12.1 Å². The molecular formula is C20H33N2O7+. The van der Waals surface area contributed by atoms with Gasteiger partial charge in [0.15, 0.2) is 11.5 Å². The van der Waals surface area contributed by atoms with Crippen molar-refractivity contribution in [1.29, 1.82) is 0 Å². The fraction of sp³-hybridized carbons (Fsp3) is 0.650. The molecule has 0 saturated carbocycles. The third-order valence-corrected chi connectivity index (χ3v) is 4.82. The van der Waals surface area contributed by atoms with Gasteiger partial charge in [-0.2, -0.15) is 0 Å². The first-order valence-corrected chi connectivity index (χ1v) is 9.82. The zero-order valence-electron chi connectivity index (χ0n) is 17.7. The van der Waals surface area contributed by atoms with E-state index in [1.807, 2.05) is 12.1 Å². The fourth-order valence-corrected chi connectivity index (χ4v) is 3.35. The van der Waals surface area contributed by atoms with E-state index < -0.39 is 6.10 Å². The average Bonchev–Trinajstić information content (AvgIpc) is 2.73. The summed E-state index contributed by atoms with van der Waals surface area (Å²) in [5.74, 6) is 1.66. The lowest BCUT2D eigenvalue weighted by atomic mass is 10.2. The summed E-state index contributed by atoms with van der Waals surface area (Å²) >= 11 is 0. The molecule has 9 nitrogen and oxygen atoms in total. The number of aliphatic hydroxyl groups excluding tert-OH is 1. The number of nitrogens with zero attached hydrogens (tertiary/aromatic N) is 1. The van der Waals surface area contributed by atoms with Gasteiger partial charge < -0.3 is 33.7 Å². The molecule has 2 rings (SSSR count). The zero-order chi connectivity index (χ0) is 21.2. The SMILES string of the molecule is CCOC(=O)N1CC[NH+](C[C@@H](O)COCc2cc(OC)c(OC)c(OC)c2)CC1. The maximum Gasteiger partial charge on any atom is 0.410 e. The summed E-state index contributed by atoms with van der Waals surface area (Å²) in [7, 11) is 4.69. The molecule has 1 aromatic carbocycles. The highest BCUT2D eigenvalue weighted by Gasteiger charge is 2.26. The minimum atomic E-state index is -0.582. The highest BCUT2D eigenvalue weighted by Crippen LogP contribution is 2.38. The predicted molar refractivity (Wildman–Crippen MR) is 106 cm³/mol. The van der Waals surface area contributed by atoms with Crippen LogP contribution in [0.5, 0.6) is 17.2 Å². The van der Waals surface area contributed by atoms with Crippen molar-refractivity contribution >= 4 is 6.09 Å². The van der Waals surface area contributed by atoms with E-state index in [2.05, 4.69) is 0 Å². The molecule has 1 fully saturated rings. The van der Waals surface area contributed by atoms with Crippen LogP contribution in [0.3, 0.4) is 0 Å². The number of quaternary nitrogens is 1. The van der Waals surface area contributed by atoms with Crippen molar-refractivity contribution in [2.75, 3.05) is 67.3 Å². The number of carbonyl (C=O) groups excluding carboxylic acids is 1. The molecule has 1 heterocycles. The van der Waals surface area contributed by atoms with Gasteiger partial charge >= 0.3 is 6.09 Å².